The van der Waals surface area contributed by atoms with E-state index in [1.54, 1.807) is 6.92 Å². The Morgan fingerprint density at radius 3 is 2.58 bits per heavy atom. The van der Waals surface area contributed by atoms with Gasteiger partial charge in [0, 0.05) is 5.56 Å². The summed E-state index contributed by atoms with van der Waals surface area (Å²) >= 11 is 0. The van der Waals surface area contributed by atoms with Crippen molar-refractivity contribution >= 4 is 5.91 Å². The summed E-state index contributed by atoms with van der Waals surface area (Å²) in [7, 11) is 0. The zero-order valence-electron chi connectivity index (χ0n) is 13.0. The first-order chi connectivity index (χ1) is 11.6. The second-order valence-electron chi connectivity index (χ2n) is 5.17. The van der Waals surface area contributed by atoms with Crippen LogP contribution in [0.25, 0.3) is 11.3 Å². The fourth-order valence-electron chi connectivity index (χ4n) is 2.25. The van der Waals surface area contributed by atoms with Crippen molar-refractivity contribution in [2.24, 2.45) is 0 Å². The van der Waals surface area contributed by atoms with Crippen LogP contribution in [0.5, 0.6) is 0 Å². The molecule has 0 aliphatic heterocycles. The summed E-state index contributed by atoms with van der Waals surface area (Å²) in [6.45, 7) is 1.87. The summed E-state index contributed by atoms with van der Waals surface area (Å²) in [6, 6.07) is 15.1. The van der Waals surface area contributed by atoms with Gasteiger partial charge in [0.1, 0.15) is 22.8 Å². The van der Waals surface area contributed by atoms with E-state index in [0.717, 1.165) is 5.56 Å². The summed E-state index contributed by atoms with van der Waals surface area (Å²) in [5.74, 6) is -0.477. The standard InChI is InChI=1S/C18H15FN2O3/c1-12-16(17(20-24-12)14-7-9-15(19)10-8-14)18(22)21-23-11-13-5-3-2-4-6-13/h2-10H,11H2,1H3,(H,21,22). The first-order valence-electron chi connectivity index (χ1n) is 7.33. The summed E-state index contributed by atoms with van der Waals surface area (Å²) in [5, 5.41) is 3.89. The molecule has 3 rings (SSSR count). The number of aromatic nitrogens is 1. The molecule has 0 atom stereocenters. The lowest BCUT2D eigenvalue weighted by Gasteiger charge is -2.06. The first kappa shape index (κ1) is 15.9. The zero-order chi connectivity index (χ0) is 16.9. The maximum atomic E-state index is 13.1. The Morgan fingerprint density at radius 2 is 1.88 bits per heavy atom. The van der Waals surface area contributed by atoms with Crippen LogP contribution in [0.3, 0.4) is 0 Å². The molecular weight excluding hydrogens is 311 g/mol. The van der Waals surface area contributed by atoms with E-state index in [0.29, 0.717) is 17.0 Å². The summed E-state index contributed by atoms with van der Waals surface area (Å²) < 4.78 is 18.2. The van der Waals surface area contributed by atoms with Gasteiger partial charge in [0.2, 0.25) is 0 Å². The number of hydrogen-bond donors (Lipinski definition) is 1. The maximum Gasteiger partial charge on any atom is 0.280 e. The number of hydrogen-bond acceptors (Lipinski definition) is 4. The van der Waals surface area contributed by atoms with E-state index in [4.69, 9.17) is 9.36 Å². The van der Waals surface area contributed by atoms with Crippen LogP contribution in [0.15, 0.2) is 59.1 Å². The largest absolute Gasteiger partial charge is 0.360 e. The highest BCUT2D eigenvalue weighted by atomic mass is 19.1. The Bertz CT molecular complexity index is 829. The van der Waals surface area contributed by atoms with E-state index in [-0.39, 0.29) is 18.0 Å². The van der Waals surface area contributed by atoms with Crippen molar-refractivity contribution in [1.82, 2.24) is 10.6 Å². The van der Waals surface area contributed by atoms with Crippen LogP contribution in [-0.4, -0.2) is 11.1 Å². The van der Waals surface area contributed by atoms with E-state index in [1.165, 1.54) is 24.3 Å². The Hall–Kier alpha value is -2.99. The molecule has 2 aromatic carbocycles. The van der Waals surface area contributed by atoms with Gasteiger partial charge >= 0.3 is 0 Å². The molecule has 0 fully saturated rings. The van der Waals surface area contributed by atoms with Gasteiger partial charge < -0.3 is 4.52 Å². The van der Waals surface area contributed by atoms with Crippen LogP contribution in [0.2, 0.25) is 0 Å². The van der Waals surface area contributed by atoms with E-state index < -0.39 is 5.91 Å². The predicted octanol–water partition coefficient (Wildman–Crippen LogP) is 3.65. The number of nitrogens with zero attached hydrogens (tertiary/aromatic N) is 1. The molecule has 0 aliphatic rings. The molecule has 1 heterocycles. The van der Waals surface area contributed by atoms with E-state index >= 15 is 0 Å². The van der Waals surface area contributed by atoms with Gasteiger partial charge in [-0.25, -0.2) is 9.87 Å². The van der Waals surface area contributed by atoms with Crippen molar-refractivity contribution in [3.05, 3.63) is 77.3 Å². The van der Waals surface area contributed by atoms with Crippen LogP contribution >= 0.6 is 0 Å². The number of amides is 1. The third-order valence-corrected chi connectivity index (χ3v) is 3.45. The fraction of sp³-hybridized carbons (Fsp3) is 0.111. The average Bonchev–Trinajstić information content (AvgIpc) is 2.98. The molecule has 0 radical (unpaired) electrons. The lowest BCUT2D eigenvalue weighted by molar-refractivity contribution is 0.0233. The summed E-state index contributed by atoms with van der Waals surface area (Å²) in [4.78, 5) is 17.6. The molecule has 1 aromatic heterocycles. The molecule has 0 aliphatic carbocycles. The molecule has 0 saturated carbocycles. The Kier molecular flexibility index (Phi) is 4.67. The monoisotopic (exact) mass is 326 g/mol. The highest BCUT2D eigenvalue weighted by Gasteiger charge is 2.21. The van der Waals surface area contributed by atoms with Crippen LogP contribution in [0, 0.1) is 12.7 Å². The molecular formula is C18H15FN2O3. The van der Waals surface area contributed by atoms with Crippen LogP contribution < -0.4 is 5.48 Å². The highest BCUT2D eigenvalue weighted by Crippen LogP contribution is 2.25. The molecule has 122 valence electrons. The third-order valence-electron chi connectivity index (χ3n) is 3.45. The lowest BCUT2D eigenvalue weighted by atomic mass is 10.1. The number of halogens is 1. The zero-order valence-corrected chi connectivity index (χ0v) is 13.0. The summed E-state index contributed by atoms with van der Waals surface area (Å²) in [6.07, 6.45) is 0. The number of hydroxylamine groups is 1. The van der Waals surface area contributed by atoms with Gasteiger partial charge in [-0.1, -0.05) is 35.5 Å². The summed E-state index contributed by atoms with van der Waals surface area (Å²) in [5.41, 5.74) is 4.50. The molecule has 1 amide bonds. The highest BCUT2D eigenvalue weighted by molar-refractivity contribution is 6.00. The van der Waals surface area contributed by atoms with Gasteiger partial charge in [-0.3, -0.25) is 9.63 Å². The van der Waals surface area contributed by atoms with Crippen molar-refractivity contribution < 1.29 is 18.5 Å². The first-order valence-corrected chi connectivity index (χ1v) is 7.33. The van der Waals surface area contributed by atoms with Crippen molar-refractivity contribution in [2.75, 3.05) is 0 Å². The minimum atomic E-state index is -0.469. The number of aryl methyl sites for hydroxylation is 1. The average molecular weight is 326 g/mol. The normalized spacial score (nSPS) is 10.6. The third kappa shape index (κ3) is 3.49. The van der Waals surface area contributed by atoms with Crippen molar-refractivity contribution in [3.63, 3.8) is 0 Å². The lowest BCUT2D eigenvalue weighted by Crippen LogP contribution is -2.24. The van der Waals surface area contributed by atoms with Crippen LogP contribution in [0.1, 0.15) is 21.7 Å². The molecule has 5 nitrogen and oxygen atoms in total. The molecule has 0 bridgehead atoms. The number of benzene rings is 2. The Morgan fingerprint density at radius 1 is 1.17 bits per heavy atom. The van der Waals surface area contributed by atoms with E-state index in [2.05, 4.69) is 10.6 Å². The molecule has 0 unspecified atom stereocenters. The maximum absolute atomic E-state index is 13.1. The molecule has 6 heteroatoms. The minimum absolute atomic E-state index is 0.239. The van der Waals surface area contributed by atoms with Gasteiger partial charge in [-0.2, -0.15) is 0 Å². The molecule has 0 spiro atoms. The fourth-order valence-corrected chi connectivity index (χ4v) is 2.25. The van der Waals surface area contributed by atoms with Crippen molar-refractivity contribution in [3.8, 4) is 11.3 Å². The topological polar surface area (TPSA) is 64.4 Å². The second-order valence-corrected chi connectivity index (χ2v) is 5.17. The number of rotatable bonds is 5. The number of nitrogens with one attached hydrogen (secondary N) is 1. The van der Waals surface area contributed by atoms with Crippen molar-refractivity contribution in [1.29, 1.82) is 0 Å². The van der Waals surface area contributed by atoms with E-state index in [9.17, 15) is 9.18 Å². The van der Waals surface area contributed by atoms with Crippen LogP contribution in [-0.2, 0) is 11.4 Å². The van der Waals surface area contributed by atoms with Gasteiger partial charge in [0.15, 0.2) is 0 Å². The van der Waals surface area contributed by atoms with E-state index in [1.807, 2.05) is 30.3 Å². The minimum Gasteiger partial charge on any atom is -0.360 e. The van der Waals surface area contributed by atoms with Gasteiger partial charge in [0.05, 0.1) is 6.61 Å². The molecule has 3 aromatic rings. The van der Waals surface area contributed by atoms with Gasteiger partial charge in [-0.05, 0) is 36.8 Å². The Labute approximate surface area is 138 Å². The van der Waals surface area contributed by atoms with Crippen molar-refractivity contribution in [2.45, 2.75) is 13.5 Å². The molecule has 1 N–H and O–H groups in total. The second kappa shape index (κ2) is 7.06. The SMILES string of the molecule is Cc1onc(-c2ccc(F)cc2)c1C(=O)NOCc1ccccc1. The van der Waals surface area contributed by atoms with Crippen LogP contribution in [0.4, 0.5) is 4.39 Å². The molecule has 24 heavy (non-hydrogen) atoms. The molecule has 0 saturated heterocycles. The smallest absolute Gasteiger partial charge is 0.280 e. The quantitative estimate of drug-likeness (QED) is 0.727. The van der Waals surface area contributed by atoms with Gasteiger partial charge in [0.25, 0.3) is 5.91 Å². The van der Waals surface area contributed by atoms with Gasteiger partial charge in [-0.15, -0.1) is 0 Å². The number of carbonyl (C=O) groups is 1. The Balaban J connectivity index is 1.73. The predicted molar refractivity (Wildman–Crippen MR) is 85.3 cm³/mol. The number of carbonyl (C=O) groups excluding carboxylic acids is 1.